The van der Waals surface area contributed by atoms with Crippen molar-refractivity contribution in [3.63, 3.8) is 0 Å². The average Bonchev–Trinajstić information content (AvgIpc) is 2.64. The molecule has 2 aromatic rings. The Morgan fingerprint density at radius 2 is 1.80 bits per heavy atom. The molecule has 0 saturated carbocycles. The first kappa shape index (κ1) is 19.0. The zero-order valence-electron chi connectivity index (χ0n) is 14.2. The molecule has 0 unspecified atom stereocenters. The van der Waals surface area contributed by atoms with E-state index in [9.17, 15) is 9.59 Å². The summed E-state index contributed by atoms with van der Waals surface area (Å²) >= 11 is 3.40. The summed E-state index contributed by atoms with van der Waals surface area (Å²) in [4.78, 5) is 24.4. The predicted octanol–water partition coefficient (Wildman–Crippen LogP) is 3.46. The van der Waals surface area contributed by atoms with Gasteiger partial charge in [-0.15, -0.1) is 0 Å². The van der Waals surface area contributed by atoms with Crippen LogP contribution in [0, 0.1) is 0 Å². The van der Waals surface area contributed by atoms with Crippen molar-refractivity contribution in [2.24, 2.45) is 0 Å². The van der Waals surface area contributed by atoms with Crippen LogP contribution in [0.25, 0.3) is 0 Å². The number of carbonyl (C=O) groups is 2. The Labute approximate surface area is 155 Å². The van der Waals surface area contributed by atoms with Crippen molar-refractivity contribution in [2.45, 2.75) is 19.4 Å². The molecule has 132 valence electrons. The zero-order valence-corrected chi connectivity index (χ0v) is 15.8. The summed E-state index contributed by atoms with van der Waals surface area (Å²) in [6.45, 7) is 1.91. The highest BCUT2D eigenvalue weighted by Crippen LogP contribution is 2.19. The fourth-order valence-corrected chi connectivity index (χ4v) is 2.71. The molecule has 0 saturated heterocycles. The third-order valence-corrected chi connectivity index (χ3v) is 4.31. The van der Waals surface area contributed by atoms with Crippen molar-refractivity contribution >= 4 is 27.7 Å². The summed E-state index contributed by atoms with van der Waals surface area (Å²) < 4.78 is 6.14. The molecule has 2 N–H and O–H groups in total. The van der Waals surface area contributed by atoms with Crippen molar-refractivity contribution < 1.29 is 14.3 Å². The van der Waals surface area contributed by atoms with E-state index in [0.29, 0.717) is 11.3 Å². The predicted molar refractivity (Wildman–Crippen MR) is 101 cm³/mol. The quantitative estimate of drug-likeness (QED) is 0.742. The molecule has 1 atom stereocenters. The van der Waals surface area contributed by atoms with Gasteiger partial charge in [-0.05, 0) is 36.2 Å². The lowest BCUT2D eigenvalue weighted by molar-refractivity contribution is -0.120. The smallest absolute Gasteiger partial charge is 0.255 e. The molecule has 0 aliphatic rings. The normalized spacial score (nSPS) is 11.5. The van der Waals surface area contributed by atoms with Crippen LogP contribution in [0.1, 0.15) is 35.3 Å². The Morgan fingerprint density at radius 3 is 2.44 bits per heavy atom. The van der Waals surface area contributed by atoms with Gasteiger partial charge in [0.1, 0.15) is 5.75 Å². The molecule has 2 rings (SSSR count). The van der Waals surface area contributed by atoms with E-state index in [2.05, 4.69) is 26.6 Å². The lowest BCUT2D eigenvalue weighted by atomic mass is 10.0. The largest absolute Gasteiger partial charge is 0.496 e. The fourth-order valence-electron chi connectivity index (χ4n) is 2.45. The highest BCUT2D eigenvalue weighted by Gasteiger charge is 2.15. The number of benzene rings is 2. The van der Waals surface area contributed by atoms with E-state index in [1.54, 1.807) is 24.3 Å². The second-order valence-corrected chi connectivity index (χ2v) is 6.38. The van der Waals surface area contributed by atoms with E-state index in [1.165, 1.54) is 7.11 Å². The molecular formula is C19H21BrN2O3. The molecule has 0 heterocycles. The first-order valence-corrected chi connectivity index (χ1v) is 8.80. The number of ether oxygens (including phenoxy) is 1. The van der Waals surface area contributed by atoms with Crippen LogP contribution >= 0.6 is 15.9 Å². The molecule has 0 spiro atoms. The number of para-hydroxylation sites is 1. The van der Waals surface area contributed by atoms with Crippen molar-refractivity contribution in [1.29, 1.82) is 0 Å². The number of carbonyl (C=O) groups excluding carboxylic acids is 2. The minimum Gasteiger partial charge on any atom is -0.496 e. The van der Waals surface area contributed by atoms with Gasteiger partial charge in [0.25, 0.3) is 5.91 Å². The third-order valence-electron chi connectivity index (χ3n) is 3.78. The average molecular weight is 405 g/mol. The van der Waals surface area contributed by atoms with E-state index >= 15 is 0 Å². The summed E-state index contributed by atoms with van der Waals surface area (Å²) in [5.74, 6) is -0.107. The monoisotopic (exact) mass is 404 g/mol. The number of hydrogen-bond donors (Lipinski definition) is 2. The van der Waals surface area contributed by atoms with Gasteiger partial charge in [0.05, 0.1) is 25.3 Å². The number of amides is 2. The summed E-state index contributed by atoms with van der Waals surface area (Å²) in [7, 11) is 1.50. The Morgan fingerprint density at radius 1 is 1.12 bits per heavy atom. The van der Waals surface area contributed by atoms with E-state index in [0.717, 1.165) is 16.5 Å². The van der Waals surface area contributed by atoms with Gasteiger partial charge in [-0.25, -0.2) is 0 Å². The van der Waals surface area contributed by atoms with Crippen LogP contribution in [-0.4, -0.2) is 25.5 Å². The van der Waals surface area contributed by atoms with Crippen molar-refractivity contribution in [1.82, 2.24) is 10.6 Å². The van der Waals surface area contributed by atoms with Gasteiger partial charge in [-0.3, -0.25) is 9.59 Å². The lowest BCUT2D eigenvalue weighted by Crippen LogP contribution is -2.38. The number of nitrogens with one attached hydrogen (secondary N) is 2. The van der Waals surface area contributed by atoms with Crippen LogP contribution in [0.3, 0.4) is 0 Å². The van der Waals surface area contributed by atoms with Gasteiger partial charge in [0, 0.05) is 4.47 Å². The van der Waals surface area contributed by atoms with Crippen LogP contribution in [-0.2, 0) is 4.79 Å². The van der Waals surface area contributed by atoms with Gasteiger partial charge in [0.15, 0.2) is 0 Å². The topological polar surface area (TPSA) is 67.4 Å². The van der Waals surface area contributed by atoms with Crippen molar-refractivity contribution in [3.05, 3.63) is 64.1 Å². The standard InChI is InChI=1S/C19H21BrN2O3/c1-3-16(13-8-10-14(20)11-9-13)22-18(23)12-21-19(24)15-6-4-5-7-17(15)25-2/h4-11,16H,3,12H2,1-2H3,(H,21,24)(H,22,23)/t16-/m1/s1. The SMILES string of the molecule is CC[C@@H](NC(=O)CNC(=O)c1ccccc1OC)c1ccc(Br)cc1. The van der Waals surface area contributed by atoms with Gasteiger partial charge in [-0.1, -0.05) is 47.1 Å². The summed E-state index contributed by atoms with van der Waals surface area (Å²) in [5.41, 5.74) is 1.42. The molecule has 0 bridgehead atoms. The molecule has 0 fully saturated rings. The number of halogens is 1. The number of rotatable bonds is 7. The van der Waals surface area contributed by atoms with Crippen molar-refractivity contribution in [3.8, 4) is 5.75 Å². The van der Waals surface area contributed by atoms with Crippen LogP contribution < -0.4 is 15.4 Å². The van der Waals surface area contributed by atoms with Crippen LogP contribution in [0.15, 0.2) is 53.0 Å². The molecular weight excluding hydrogens is 384 g/mol. The molecule has 6 heteroatoms. The molecule has 5 nitrogen and oxygen atoms in total. The van der Waals surface area contributed by atoms with E-state index in [4.69, 9.17) is 4.74 Å². The molecule has 25 heavy (non-hydrogen) atoms. The summed E-state index contributed by atoms with van der Waals surface area (Å²) in [5, 5.41) is 5.56. The highest BCUT2D eigenvalue weighted by atomic mass is 79.9. The lowest BCUT2D eigenvalue weighted by Gasteiger charge is -2.18. The van der Waals surface area contributed by atoms with Crippen LogP contribution in [0.4, 0.5) is 0 Å². The zero-order chi connectivity index (χ0) is 18.2. The maximum Gasteiger partial charge on any atom is 0.255 e. The summed E-state index contributed by atoms with van der Waals surface area (Å²) in [6.07, 6.45) is 0.758. The maximum absolute atomic E-state index is 12.2. The van der Waals surface area contributed by atoms with Gasteiger partial charge in [-0.2, -0.15) is 0 Å². The minimum absolute atomic E-state index is 0.0933. The Balaban J connectivity index is 1.93. The van der Waals surface area contributed by atoms with Crippen molar-refractivity contribution in [2.75, 3.05) is 13.7 Å². The molecule has 0 radical (unpaired) electrons. The van der Waals surface area contributed by atoms with Gasteiger partial charge >= 0.3 is 0 Å². The third kappa shape index (κ3) is 5.32. The Kier molecular flexibility index (Phi) is 7.01. The summed E-state index contributed by atoms with van der Waals surface area (Å²) in [6, 6.07) is 14.6. The molecule has 0 aliphatic carbocycles. The van der Waals surface area contributed by atoms with E-state index in [-0.39, 0.29) is 24.4 Å². The maximum atomic E-state index is 12.2. The Bertz CT molecular complexity index is 732. The van der Waals surface area contributed by atoms with E-state index in [1.807, 2.05) is 31.2 Å². The highest BCUT2D eigenvalue weighted by molar-refractivity contribution is 9.10. The molecule has 0 aliphatic heterocycles. The van der Waals surface area contributed by atoms with Gasteiger partial charge < -0.3 is 15.4 Å². The molecule has 2 amide bonds. The second-order valence-electron chi connectivity index (χ2n) is 5.46. The van der Waals surface area contributed by atoms with Gasteiger partial charge in [0.2, 0.25) is 5.91 Å². The molecule has 0 aromatic heterocycles. The van der Waals surface area contributed by atoms with Crippen LogP contribution in [0.5, 0.6) is 5.75 Å². The minimum atomic E-state index is -0.343. The first-order valence-electron chi connectivity index (χ1n) is 8.01. The fraction of sp³-hybridized carbons (Fsp3) is 0.263. The number of methoxy groups -OCH3 is 1. The second kappa shape index (κ2) is 9.22. The van der Waals surface area contributed by atoms with E-state index < -0.39 is 0 Å². The Hall–Kier alpha value is -2.34. The molecule has 2 aromatic carbocycles. The number of hydrogen-bond acceptors (Lipinski definition) is 3. The van der Waals surface area contributed by atoms with Crippen LogP contribution in [0.2, 0.25) is 0 Å². The first-order chi connectivity index (χ1) is 12.0.